The van der Waals surface area contributed by atoms with Crippen LogP contribution in [-0.4, -0.2) is 20.2 Å². The van der Waals surface area contributed by atoms with Crippen LogP contribution in [0.1, 0.15) is 22.6 Å². The molecule has 4 rings (SSSR count). The Bertz CT molecular complexity index is 1150. The van der Waals surface area contributed by atoms with E-state index in [0.29, 0.717) is 16.7 Å². The molecule has 0 spiro atoms. The number of nitrogens with zero attached hydrogens (tertiary/aromatic N) is 3. The number of aryl methyl sites for hydroxylation is 2. The van der Waals surface area contributed by atoms with Crippen LogP contribution >= 0.6 is 0 Å². The summed E-state index contributed by atoms with van der Waals surface area (Å²) in [6.45, 7) is 3.68. The molecule has 2 aromatic carbocycles. The first-order valence-electron chi connectivity index (χ1n) is 8.55. The van der Waals surface area contributed by atoms with E-state index in [1.807, 2.05) is 19.9 Å². The second kappa shape index (κ2) is 6.63. The summed E-state index contributed by atoms with van der Waals surface area (Å²) in [7, 11) is 0. The second-order valence-electron chi connectivity index (χ2n) is 6.56. The van der Waals surface area contributed by atoms with Crippen molar-refractivity contribution >= 4 is 22.5 Å². The number of rotatable bonds is 4. The molecule has 0 saturated heterocycles. The molecule has 0 aliphatic heterocycles. The van der Waals surface area contributed by atoms with E-state index in [9.17, 15) is 4.39 Å². The molecular formula is C20H16F3N5. The lowest BCUT2D eigenvalue weighted by molar-refractivity contribution is 0.0333. The molecule has 0 amide bonds. The first kappa shape index (κ1) is 18.0. The van der Waals surface area contributed by atoms with Crippen LogP contribution in [0, 0.1) is 19.7 Å². The van der Waals surface area contributed by atoms with Crippen LogP contribution in [0.4, 0.5) is 24.8 Å². The van der Waals surface area contributed by atoms with Crippen molar-refractivity contribution in [3.05, 3.63) is 77.0 Å². The van der Waals surface area contributed by atoms with Gasteiger partial charge in [0.2, 0.25) is 5.82 Å². The Balaban J connectivity index is 1.87. The quantitative estimate of drug-likeness (QED) is 0.521. The number of fused-ring (bicyclic) bond motifs is 1. The Morgan fingerprint density at radius 1 is 0.964 bits per heavy atom. The summed E-state index contributed by atoms with van der Waals surface area (Å²) < 4.78 is 43.3. The zero-order valence-corrected chi connectivity index (χ0v) is 15.1. The first-order chi connectivity index (χ1) is 13.3. The zero-order valence-electron chi connectivity index (χ0n) is 15.1. The number of aromatic amines is 1. The van der Waals surface area contributed by atoms with Crippen molar-refractivity contribution in [2.75, 3.05) is 5.32 Å². The number of hydrogen-bond donors (Lipinski definition) is 2. The predicted octanol–water partition coefficient (Wildman–Crippen LogP) is 4.99. The fourth-order valence-corrected chi connectivity index (χ4v) is 2.87. The van der Waals surface area contributed by atoms with Gasteiger partial charge in [0.05, 0.1) is 5.52 Å². The highest BCUT2D eigenvalue weighted by Crippen LogP contribution is 2.36. The number of benzene rings is 2. The lowest BCUT2D eigenvalue weighted by atomic mass is 10.1. The summed E-state index contributed by atoms with van der Waals surface area (Å²) in [6.07, 6.45) is 0. The highest BCUT2D eigenvalue weighted by molar-refractivity contribution is 5.91. The minimum atomic E-state index is -3.50. The van der Waals surface area contributed by atoms with Crippen LogP contribution in [0.15, 0.2) is 48.5 Å². The molecule has 2 N–H and O–H groups in total. The maximum Gasteiger partial charge on any atom is 0.331 e. The molecule has 0 fully saturated rings. The average Bonchev–Trinajstić information content (AvgIpc) is 3.06. The molecule has 0 aliphatic carbocycles. The lowest BCUT2D eigenvalue weighted by Gasteiger charge is -2.17. The van der Waals surface area contributed by atoms with Gasteiger partial charge in [0, 0.05) is 22.7 Å². The van der Waals surface area contributed by atoms with E-state index in [2.05, 4.69) is 25.5 Å². The third kappa shape index (κ3) is 3.28. The highest BCUT2D eigenvalue weighted by Gasteiger charge is 2.38. The van der Waals surface area contributed by atoms with Crippen LogP contribution in [0.5, 0.6) is 0 Å². The summed E-state index contributed by atoms with van der Waals surface area (Å²) in [6, 6.07) is 11.1. The number of halogens is 3. The van der Waals surface area contributed by atoms with E-state index in [-0.39, 0.29) is 11.4 Å². The molecule has 0 saturated carbocycles. The molecule has 0 aliphatic rings. The number of alkyl halides is 2. The van der Waals surface area contributed by atoms with E-state index < -0.39 is 17.6 Å². The van der Waals surface area contributed by atoms with Crippen molar-refractivity contribution in [1.29, 1.82) is 0 Å². The van der Waals surface area contributed by atoms with Crippen LogP contribution in [-0.2, 0) is 5.92 Å². The van der Waals surface area contributed by atoms with Crippen LogP contribution in [0.25, 0.3) is 10.9 Å². The highest BCUT2D eigenvalue weighted by atomic mass is 19.3. The molecule has 0 bridgehead atoms. The topological polar surface area (TPSA) is 66.5 Å². The molecule has 28 heavy (non-hydrogen) atoms. The number of anilines is 2. The van der Waals surface area contributed by atoms with Gasteiger partial charge in [-0.3, -0.25) is 5.10 Å². The molecule has 2 aromatic heterocycles. The van der Waals surface area contributed by atoms with Gasteiger partial charge in [0.1, 0.15) is 11.6 Å². The Kier molecular flexibility index (Phi) is 4.26. The fourth-order valence-electron chi connectivity index (χ4n) is 2.87. The molecule has 0 unspecified atom stereocenters. The Morgan fingerprint density at radius 3 is 2.39 bits per heavy atom. The van der Waals surface area contributed by atoms with E-state index in [0.717, 1.165) is 35.5 Å². The number of hydrogen-bond acceptors (Lipinski definition) is 4. The Hall–Kier alpha value is -3.42. The molecule has 5 nitrogen and oxygen atoms in total. The van der Waals surface area contributed by atoms with Gasteiger partial charge in [-0.15, -0.1) is 0 Å². The van der Waals surface area contributed by atoms with Gasteiger partial charge in [-0.1, -0.05) is 6.07 Å². The smallest absolute Gasteiger partial charge is 0.323 e. The Morgan fingerprint density at radius 2 is 1.71 bits per heavy atom. The molecule has 8 heteroatoms. The molecule has 2 heterocycles. The minimum Gasteiger partial charge on any atom is -0.323 e. The van der Waals surface area contributed by atoms with Gasteiger partial charge in [0.15, 0.2) is 5.82 Å². The van der Waals surface area contributed by atoms with Gasteiger partial charge >= 0.3 is 5.92 Å². The molecule has 0 atom stereocenters. The number of aromatic nitrogens is 4. The van der Waals surface area contributed by atoms with Gasteiger partial charge in [0.25, 0.3) is 0 Å². The van der Waals surface area contributed by atoms with E-state index in [1.165, 1.54) is 0 Å². The number of nitrogens with one attached hydrogen (secondary N) is 2. The first-order valence-corrected chi connectivity index (χ1v) is 8.55. The van der Waals surface area contributed by atoms with Gasteiger partial charge in [-0.05, 0) is 55.8 Å². The Labute approximate surface area is 158 Å². The second-order valence-corrected chi connectivity index (χ2v) is 6.56. The fraction of sp³-hybridized carbons (Fsp3) is 0.150. The van der Waals surface area contributed by atoms with Crippen LogP contribution < -0.4 is 5.32 Å². The minimum absolute atomic E-state index is 0.216. The van der Waals surface area contributed by atoms with Gasteiger partial charge < -0.3 is 5.32 Å². The maximum atomic E-state index is 15.1. The largest absolute Gasteiger partial charge is 0.331 e. The van der Waals surface area contributed by atoms with E-state index >= 15 is 8.78 Å². The summed E-state index contributed by atoms with van der Waals surface area (Å²) in [5.74, 6) is -4.09. The molecule has 0 radical (unpaired) electrons. The average molecular weight is 383 g/mol. The van der Waals surface area contributed by atoms with Crippen molar-refractivity contribution in [1.82, 2.24) is 20.2 Å². The summed E-state index contributed by atoms with van der Waals surface area (Å²) >= 11 is 0. The lowest BCUT2D eigenvalue weighted by Crippen LogP contribution is -2.20. The third-order valence-corrected chi connectivity index (χ3v) is 4.29. The normalized spacial score (nSPS) is 11.8. The van der Waals surface area contributed by atoms with Gasteiger partial charge in [-0.25, -0.2) is 14.4 Å². The van der Waals surface area contributed by atoms with Crippen molar-refractivity contribution in [2.24, 2.45) is 0 Å². The maximum absolute atomic E-state index is 15.1. The number of H-pyrrole nitrogens is 1. The van der Waals surface area contributed by atoms with Crippen LogP contribution in [0.3, 0.4) is 0 Å². The summed E-state index contributed by atoms with van der Waals surface area (Å²) in [4.78, 5) is 8.18. The molecule has 142 valence electrons. The van der Waals surface area contributed by atoms with Crippen molar-refractivity contribution < 1.29 is 13.2 Å². The monoisotopic (exact) mass is 383 g/mol. The van der Waals surface area contributed by atoms with E-state index in [1.54, 1.807) is 18.2 Å². The zero-order chi connectivity index (χ0) is 19.9. The van der Waals surface area contributed by atoms with Crippen molar-refractivity contribution in [2.45, 2.75) is 19.8 Å². The standard InChI is InChI=1S/C20H16F3N5/c1-11-3-8-15-16(9-11)24-19(20(22,23)13-4-6-14(21)7-5-13)26-18(15)25-17-10-12(2)27-28-17/h3-10H,1-2H3,(H2,24,25,26,27,28). The van der Waals surface area contributed by atoms with Crippen molar-refractivity contribution in [3.63, 3.8) is 0 Å². The predicted molar refractivity (Wildman–Crippen MR) is 100 cm³/mol. The molecular weight excluding hydrogens is 367 g/mol. The summed E-state index contributed by atoms with van der Waals surface area (Å²) in [5.41, 5.74) is 1.68. The SMILES string of the molecule is Cc1ccc2c(Nc3cc(C)[nH]n3)nc(C(F)(F)c3ccc(F)cc3)nc2c1. The van der Waals surface area contributed by atoms with E-state index in [4.69, 9.17) is 0 Å². The summed E-state index contributed by atoms with van der Waals surface area (Å²) in [5, 5.41) is 10.4. The van der Waals surface area contributed by atoms with Crippen molar-refractivity contribution in [3.8, 4) is 0 Å². The third-order valence-electron chi connectivity index (χ3n) is 4.29. The van der Waals surface area contributed by atoms with Gasteiger partial charge in [-0.2, -0.15) is 13.9 Å². The molecule has 4 aromatic rings. The van der Waals surface area contributed by atoms with Crippen LogP contribution in [0.2, 0.25) is 0 Å².